The molecule has 0 bridgehead atoms. The highest BCUT2D eigenvalue weighted by Gasteiger charge is 2.13. The van der Waals surface area contributed by atoms with E-state index in [9.17, 15) is 0 Å². The molecule has 1 aromatic carbocycles. The average Bonchev–Trinajstić information content (AvgIpc) is 2.61. The molecule has 2 heteroatoms. The molecule has 0 aliphatic carbocycles. The lowest BCUT2D eigenvalue weighted by Gasteiger charge is -1.99. The summed E-state index contributed by atoms with van der Waals surface area (Å²) in [5.74, 6) is 1.20. The van der Waals surface area contributed by atoms with Gasteiger partial charge in [-0.05, 0) is 6.92 Å². The fraction of sp³-hybridized carbons (Fsp3) is 0.250. The summed E-state index contributed by atoms with van der Waals surface area (Å²) in [6.45, 7) is 5.25. The number of imidazole rings is 1. The summed E-state index contributed by atoms with van der Waals surface area (Å²) in [4.78, 5) is 3.25. The molecular weight excluding hydrogens is 172 g/mol. The van der Waals surface area contributed by atoms with Crippen molar-refractivity contribution in [1.82, 2.24) is 4.98 Å². The van der Waals surface area contributed by atoms with E-state index in [4.69, 9.17) is 0 Å². The van der Waals surface area contributed by atoms with Crippen molar-refractivity contribution in [2.45, 2.75) is 20.4 Å². The lowest BCUT2D eigenvalue weighted by molar-refractivity contribution is -0.687. The molecule has 0 saturated carbocycles. The molecule has 2 nitrogen and oxygen atoms in total. The van der Waals surface area contributed by atoms with Crippen LogP contribution in [0.5, 0.6) is 0 Å². The number of aryl methyl sites for hydroxylation is 1. The molecule has 1 heterocycles. The molecule has 1 N–H and O–H groups in total. The number of nitrogens with zero attached hydrogens (tertiary/aromatic N) is 1. The molecule has 0 aliphatic heterocycles. The van der Waals surface area contributed by atoms with Gasteiger partial charge in [0.15, 0.2) is 5.69 Å². The SMILES string of the molecule is CC[n+]1c(-c2ccccc2)c[nH]c1C. The molecule has 72 valence electrons. The smallest absolute Gasteiger partial charge is 0.247 e. The second-order valence-corrected chi connectivity index (χ2v) is 3.37. The monoisotopic (exact) mass is 187 g/mol. The maximum Gasteiger partial charge on any atom is 0.251 e. The zero-order chi connectivity index (χ0) is 9.97. The summed E-state index contributed by atoms with van der Waals surface area (Å²) in [7, 11) is 0. The summed E-state index contributed by atoms with van der Waals surface area (Å²) >= 11 is 0. The molecule has 0 radical (unpaired) electrons. The van der Waals surface area contributed by atoms with E-state index >= 15 is 0 Å². The van der Waals surface area contributed by atoms with Crippen molar-refractivity contribution in [3.05, 3.63) is 42.4 Å². The van der Waals surface area contributed by atoms with Crippen molar-refractivity contribution in [1.29, 1.82) is 0 Å². The minimum Gasteiger partial charge on any atom is -0.247 e. The Bertz CT molecular complexity index is 415. The van der Waals surface area contributed by atoms with Crippen LogP contribution in [0.4, 0.5) is 0 Å². The van der Waals surface area contributed by atoms with Crippen LogP contribution in [-0.4, -0.2) is 4.98 Å². The van der Waals surface area contributed by atoms with E-state index in [0.717, 1.165) is 6.54 Å². The largest absolute Gasteiger partial charge is 0.251 e. The van der Waals surface area contributed by atoms with Crippen LogP contribution in [-0.2, 0) is 6.54 Å². The van der Waals surface area contributed by atoms with Crippen LogP contribution in [0.1, 0.15) is 12.7 Å². The minimum absolute atomic E-state index is 1.000. The third kappa shape index (κ3) is 1.43. The fourth-order valence-corrected chi connectivity index (χ4v) is 1.76. The maximum atomic E-state index is 3.25. The van der Waals surface area contributed by atoms with E-state index < -0.39 is 0 Å². The van der Waals surface area contributed by atoms with Crippen molar-refractivity contribution in [2.24, 2.45) is 0 Å². The van der Waals surface area contributed by atoms with Gasteiger partial charge in [0.1, 0.15) is 6.20 Å². The van der Waals surface area contributed by atoms with Crippen molar-refractivity contribution in [3.63, 3.8) is 0 Å². The van der Waals surface area contributed by atoms with Crippen molar-refractivity contribution in [2.75, 3.05) is 0 Å². The molecule has 2 rings (SSSR count). The Morgan fingerprint density at radius 3 is 2.57 bits per heavy atom. The highest BCUT2D eigenvalue weighted by molar-refractivity contribution is 5.54. The van der Waals surface area contributed by atoms with Crippen LogP contribution >= 0.6 is 0 Å². The van der Waals surface area contributed by atoms with E-state index in [2.05, 4.69) is 53.9 Å². The average molecular weight is 187 g/mol. The maximum absolute atomic E-state index is 3.25. The Morgan fingerprint density at radius 1 is 1.21 bits per heavy atom. The van der Waals surface area contributed by atoms with Gasteiger partial charge in [0.25, 0.3) is 5.82 Å². The summed E-state index contributed by atoms with van der Waals surface area (Å²) in [5.41, 5.74) is 2.52. The molecule has 0 atom stereocenters. The van der Waals surface area contributed by atoms with Crippen LogP contribution < -0.4 is 4.57 Å². The molecule has 1 aromatic heterocycles. The summed E-state index contributed by atoms with van der Waals surface area (Å²) < 4.78 is 2.27. The highest BCUT2D eigenvalue weighted by atomic mass is 15.1. The first-order valence-electron chi connectivity index (χ1n) is 4.96. The van der Waals surface area contributed by atoms with Crippen molar-refractivity contribution < 1.29 is 4.57 Å². The summed E-state index contributed by atoms with van der Waals surface area (Å²) in [6.07, 6.45) is 2.06. The van der Waals surface area contributed by atoms with Crippen LogP contribution in [0.15, 0.2) is 36.5 Å². The number of aromatic nitrogens is 2. The van der Waals surface area contributed by atoms with Gasteiger partial charge in [-0.15, -0.1) is 0 Å². The van der Waals surface area contributed by atoms with E-state index in [1.54, 1.807) is 0 Å². The van der Waals surface area contributed by atoms with E-state index in [1.807, 2.05) is 6.07 Å². The second kappa shape index (κ2) is 3.66. The third-order valence-electron chi connectivity index (χ3n) is 2.50. The molecule has 0 fully saturated rings. The molecule has 0 amide bonds. The summed E-state index contributed by atoms with van der Waals surface area (Å²) in [5, 5.41) is 0. The molecule has 0 saturated heterocycles. The number of hydrogen-bond acceptors (Lipinski definition) is 0. The predicted molar refractivity (Wildman–Crippen MR) is 56.8 cm³/mol. The number of aromatic amines is 1. The Kier molecular flexibility index (Phi) is 2.35. The molecule has 0 spiro atoms. The quantitative estimate of drug-likeness (QED) is 0.696. The number of hydrogen-bond donors (Lipinski definition) is 1. The van der Waals surface area contributed by atoms with Gasteiger partial charge in [-0.1, -0.05) is 30.3 Å². The van der Waals surface area contributed by atoms with Crippen LogP contribution in [0.3, 0.4) is 0 Å². The van der Waals surface area contributed by atoms with Gasteiger partial charge < -0.3 is 0 Å². The standard InChI is InChI=1S/C12H14N2/c1-3-14-10(2)13-9-12(14)11-7-5-4-6-8-11/h4-9H,3H2,1-2H3/p+1. The zero-order valence-corrected chi connectivity index (χ0v) is 8.62. The fourth-order valence-electron chi connectivity index (χ4n) is 1.76. The van der Waals surface area contributed by atoms with Gasteiger partial charge in [-0.25, -0.2) is 9.55 Å². The van der Waals surface area contributed by atoms with Crippen LogP contribution in [0.25, 0.3) is 11.3 Å². The Balaban J connectivity index is 2.52. The van der Waals surface area contributed by atoms with E-state index in [0.29, 0.717) is 0 Å². The first kappa shape index (κ1) is 9.00. The number of rotatable bonds is 2. The molecule has 2 aromatic rings. The van der Waals surface area contributed by atoms with E-state index in [1.165, 1.54) is 17.1 Å². The molecule has 0 aliphatic rings. The second-order valence-electron chi connectivity index (χ2n) is 3.37. The number of benzene rings is 1. The Morgan fingerprint density at radius 2 is 1.93 bits per heavy atom. The van der Waals surface area contributed by atoms with Crippen LogP contribution in [0.2, 0.25) is 0 Å². The number of H-pyrrole nitrogens is 1. The van der Waals surface area contributed by atoms with Gasteiger partial charge in [0.05, 0.1) is 6.54 Å². The van der Waals surface area contributed by atoms with Gasteiger partial charge in [-0.3, -0.25) is 0 Å². The van der Waals surface area contributed by atoms with E-state index in [-0.39, 0.29) is 0 Å². The van der Waals surface area contributed by atoms with Gasteiger partial charge >= 0.3 is 0 Å². The van der Waals surface area contributed by atoms with Gasteiger partial charge in [-0.2, -0.15) is 0 Å². The van der Waals surface area contributed by atoms with Crippen molar-refractivity contribution in [3.8, 4) is 11.3 Å². The van der Waals surface area contributed by atoms with Crippen molar-refractivity contribution >= 4 is 0 Å². The Labute approximate surface area is 84.2 Å². The first-order valence-corrected chi connectivity index (χ1v) is 4.96. The molecule has 14 heavy (non-hydrogen) atoms. The first-order chi connectivity index (χ1) is 6.83. The lowest BCUT2D eigenvalue weighted by Crippen LogP contribution is -2.35. The topological polar surface area (TPSA) is 19.7 Å². The van der Waals surface area contributed by atoms with Gasteiger partial charge in [0, 0.05) is 12.5 Å². The third-order valence-corrected chi connectivity index (χ3v) is 2.50. The zero-order valence-electron chi connectivity index (χ0n) is 8.62. The molecule has 0 unspecified atom stereocenters. The normalized spacial score (nSPS) is 10.4. The summed E-state index contributed by atoms with van der Waals surface area (Å²) in [6, 6.07) is 10.4. The van der Waals surface area contributed by atoms with Gasteiger partial charge in [0.2, 0.25) is 0 Å². The van der Waals surface area contributed by atoms with Crippen LogP contribution in [0, 0.1) is 6.92 Å². The predicted octanol–water partition coefficient (Wildman–Crippen LogP) is 2.30. The lowest BCUT2D eigenvalue weighted by atomic mass is 10.2. The number of nitrogens with one attached hydrogen (secondary N) is 1. The Hall–Kier alpha value is -1.57. The molecular formula is C12H15N2+. The highest BCUT2D eigenvalue weighted by Crippen LogP contribution is 2.14. The minimum atomic E-state index is 1.000.